The van der Waals surface area contributed by atoms with Crippen LogP contribution in [0.15, 0.2) is 0 Å². The van der Waals surface area contributed by atoms with Crippen LogP contribution in [0.3, 0.4) is 0 Å². The second-order valence-corrected chi connectivity index (χ2v) is 8.90. The summed E-state index contributed by atoms with van der Waals surface area (Å²) in [5, 5.41) is 0. The molecular formula is C21H33N5O. The van der Waals surface area contributed by atoms with Gasteiger partial charge in [-0.15, -0.1) is 0 Å². The number of piperidine rings is 1. The largest absolute Gasteiger partial charge is 0.355 e. The van der Waals surface area contributed by atoms with Gasteiger partial charge in [0, 0.05) is 43.5 Å². The summed E-state index contributed by atoms with van der Waals surface area (Å²) in [6.45, 7) is 7.74. The minimum absolute atomic E-state index is 0.0111. The number of hydrogen-bond acceptors (Lipinski definition) is 5. The van der Waals surface area contributed by atoms with Gasteiger partial charge in [0.05, 0.1) is 0 Å². The number of rotatable bonds is 4. The molecular weight excluding hydrogens is 338 g/mol. The number of carbonyl (C=O) groups is 1. The molecule has 6 nitrogen and oxygen atoms in total. The van der Waals surface area contributed by atoms with Crippen molar-refractivity contribution in [2.24, 2.45) is 11.8 Å². The Morgan fingerprint density at radius 3 is 2.22 bits per heavy atom. The third-order valence-electron chi connectivity index (χ3n) is 6.86. The van der Waals surface area contributed by atoms with Crippen molar-refractivity contribution in [1.29, 1.82) is 0 Å². The number of anilines is 1. The van der Waals surface area contributed by atoms with E-state index in [1.807, 2.05) is 11.8 Å². The van der Waals surface area contributed by atoms with E-state index >= 15 is 0 Å². The first-order chi connectivity index (χ1) is 12.9. The van der Waals surface area contributed by atoms with E-state index in [0.717, 1.165) is 74.4 Å². The Kier molecular flexibility index (Phi) is 5.10. The van der Waals surface area contributed by atoms with Crippen molar-refractivity contribution in [1.82, 2.24) is 19.8 Å². The summed E-state index contributed by atoms with van der Waals surface area (Å²) >= 11 is 0. The fraction of sp³-hybridized carbons (Fsp3) is 0.762. The molecule has 27 heavy (non-hydrogen) atoms. The van der Waals surface area contributed by atoms with Crippen LogP contribution >= 0.6 is 0 Å². The number of nitrogens with zero attached hydrogens (tertiary/aromatic N) is 5. The molecule has 1 saturated carbocycles. The molecule has 0 N–H and O–H groups in total. The number of likely N-dealkylation sites (N-methyl/N-ethyl adjacent to an activating group) is 1. The molecule has 2 saturated heterocycles. The molecule has 1 amide bonds. The summed E-state index contributed by atoms with van der Waals surface area (Å²) in [5.74, 6) is 3.11. The van der Waals surface area contributed by atoms with Gasteiger partial charge in [0.15, 0.2) is 0 Å². The van der Waals surface area contributed by atoms with Crippen LogP contribution in [0.4, 0.5) is 5.82 Å². The lowest BCUT2D eigenvalue weighted by Crippen LogP contribution is -2.40. The van der Waals surface area contributed by atoms with E-state index in [2.05, 4.69) is 35.8 Å². The molecule has 0 radical (unpaired) electrons. The van der Waals surface area contributed by atoms with Crippen molar-refractivity contribution < 1.29 is 4.79 Å². The number of amides is 1. The Balaban J connectivity index is 1.49. The van der Waals surface area contributed by atoms with E-state index < -0.39 is 0 Å². The average molecular weight is 372 g/mol. The van der Waals surface area contributed by atoms with E-state index in [1.54, 1.807) is 0 Å². The van der Waals surface area contributed by atoms with Gasteiger partial charge >= 0.3 is 0 Å². The molecule has 0 spiro atoms. The number of likely N-dealkylation sites (tertiary alicyclic amines) is 1. The zero-order chi connectivity index (χ0) is 19.1. The highest BCUT2D eigenvalue weighted by atomic mass is 16.2. The van der Waals surface area contributed by atoms with E-state index in [4.69, 9.17) is 4.98 Å². The standard InChI is InChI=1S/C21H33N5O/c1-14-15(2)22-19(23-20(14)26-12-9-18(13-26)24(3)4)21(27)25-10-7-17(8-11-25)16-5-6-16/h16-18H,5-13H2,1-4H3/t18-/m1/s1. The van der Waals surface area contributed by atoms with Crippen LogP contribution in [0.25, 0.3) is 0 Å². The third-order valence-corrected chi connectivity index (χ3v) is 6.86. The Morgan fingerprint density at radius 2 is 1.63 bits per heavy atom. The summed E-state index contributed by atoms with van der Waals surface area (Å²) in [7, 11) is 4.26. The first kappa shape index (κ1) is 18.7. The van der Waals surface area contributed by atoms with Gasteiger partial charge < -0.3 is 14.7 Å². The highest BCUT2D eigenvalue weighted by Gasteiger charge is 2.35. The van der Waals surface area contributed by atoms with Gasteiger partial charge in [-0.05, 0) is 71.9 Å². The van der Waals surface area contributed by atoms with Gasteiger partial charge in [0.1, 0.15) is 5.82 Å². The lowest BCUT2D eigenvalue weighted by molar-refractivity contribution is 0.0668. The maximum Gasteiger partial charge on any atom is 0.291 e. The molecule has 0 bridgehead atoms. The van der Waals surface area contributed by atoms with Crippen molar-refractivity contribution in [3.63, 3.8) is 0 Å². The number of hydrogen-bond donors (Lipinski definition) is 0. The molecule has 3 fully saturated rings. The first-order valence-electron chi connectivity index (χ1n) is 10.5. The fourth-order valence-corrected chi connectivity index (χ4v) is 4.66. The minimum atomic E-state index is 0.0111. The van der Waals surface area contributed by atoms with Crippen molar-refractivity contribution in [3.8, 4) is 0 Å². The fourth-order valence-electron chi connectivity index (χ4n) is 4.66. The Bertz CT molecular complexity index is 707. The van der Waals surface area contributed by atoms with E-state index in [1.165, 1.54) is 12.8 Å². The van der Waals surface area contributed by atoms with Crippen LogP contribution in [-0.2, 0) is 0 Å². The molecule has 1 aromatic heterocycles. The summed E-state index contributed by atoms with van der Waals surface area (Å²) in [4.78, 5) is 29.0. The van der Waals surface area contributed by atoms with Gasteiger partial charge in [-0.1, -0.05) is 0 Å². The molecule has 2 aliphatic heterocycles. The van der Waals surface area contributed by atoms with Crippen LogP contribution in [0, 0.1) is 25.7 Å². The minimum Gasteiger partial charge on any atom is -0.355 e. The van der Waals surface area contributed by atoms with Crippen LogP contribution in [0.5, 0.6) is 0 Å². The predicted molar refractivity (Wildman–Crippen MR) is 107 cm³/mol. The molecule has 3 heterocycles. The van der Waals surface area contributed by atoms with E-state index in [9.17, 15) is 4.79 Å². The average Bonchev–Trinajstić information content (AvgIpc) is 3.39. The molecule has 148 valence electrons. The van der Waals surface area contributed by atoms with Crippen LogP contribution in [-0.4, -0.2) is 72.0 Å². The molecule has 4 rings (SSSR count). The molecule has 1 aromatic rings. The zero-order valence-corrected chi connectivity index (χ0v) is 17.2. The maximum absolute atomic E-state index is 13.1. The van der Waals surface area contributed by atoms with E-state index in [-0.39, 0.29) is 5.91 Å². The predicted octanol–water partition coefficient (Wildman–Crippen LogP) is 2.50. The first-order valence-corrected chi connectivity index (χ1v) is 10.5. The monoisotopic (exact) mass is 371 g/mol. The number of aromatic nitrogens is 2. The van der Waals surface area contributed by atoms with Crippen LogP contribution < -0.4 is 4.90 Å². The topological polar surface area (TPSA) is 52.6 Å². The maximum atomic E-state index is 13.1. The number of aryl methyl sites for hydroxylation is 1. The summed E-state index contributed by atoms with van der Waals surface area (Å²) in [5.41, 5.74) is 2.02. The van der Waals surface area contributed by atoms with Crippen molar-refractivity contribution in [3.05, 3.63) is 17.1 Å². The molecule has 1 aliphatic carbocycles. The Hall–Kier alpha value is -1.69. The molecule has 6 heteroatoms. The summed E-state index contributed by atoms with van der Waals surface area (Å²) in [6, 6.07) is 0.542. The Morgan fingerprint density at radius 1 is 0.963 bits per heavy atom. The lowest BCUT2D eigenvalue weighted by Gasteiger charge is -2.32. The van der Waals surface area contributed by atoms with Crippen LogP contribution in [0.2, 0.25) is 0 Å². The second-order valence-electron chi connectivity index (χ2n) is 8.90. The second kappa shape index (κ2) is 7.38. The smallest absolute Gasteiger partial charge is 0.291 e. The Labute approximate surface area is 162 Å². The van der Waals surface area contributed by atoms with Gasteiger partial charge in [-0.2, -0.15) is 0 Å². The molecule has 0 unspecified atom stereocenters. The molecule has 0 aromatic carbocycles. The summed E-state index contributed by atoms with van der Waals surface area (Å²) < 4.78 is 0. The van der Waals surface area contributed by atoms with E-state index in [0.29, 0.717) is 11.9 Å². The quantitative estimate of drug-likeness (QED) is 0.814. The molecule has 1 atom stereocenters. The van der Waals surface area contributed by atoms with Gasteiger partial charge in [0.2, 0.25) is 5.82 Å². The SMILES string of the molecule is Cc1nc(C(=O)N2CCC(C3CC3)CC2)nc(N2CC[C@@H](N(C)C)C2)c1C. The van der Waals surface area contributed by atoms with Gasteiger partial charge in [0.25, 0.3) is 5.91 Å². The van der Waals surface area contributed by atoms with Gasteiger partial charge in [-0.3, -0.25) is 4.79 Å². The highest BCUT2D eigenvalue weighted by Crippen LogP contribution is 2.41. The van der Waals surface area contributed by atoms with Crippen molar-refractivity contribution in [2.75, 3.05) is 45.2 Å². The normalized spacial score (nSPS) is 24.1. The highest BCUT2D eigenvalue weighted by molar-refractivity contribution is 5.91. The van der Waals surface area contributed by atoms with Crippen molar-refractivity contribution in [2.45, 2.75) is 52.0 Å². The van der Waals surface area contributed by atoms with Crippen molar-refractivity contribution >= 4 is 11.7 Å². The summed E-state index contributed by atoms with van der Waals surface area (Å²) in [6.07, 6.45) is 6.21. The van der Waals surface area contributed by atoms with Gasteiger partial charge in [-0.25, -0.2) is 9.97 Å². The third kappa shape index (κ3) is 3.82. The lowest BCUT2D eigenvalue weighted by atomic mass is 9.92. The van der Waals surface area contributed by atoms with Crippen LogP contribution in [0.1, 0.15) is 54.0 Å². The number of carbonyl (C=O) groups excluding carboxylic acids is 1. The molecule has 3 aliphatic rings. The zero-order valence-electron chi connectivity index (χ0n) is 17.2.